The fourth-order valence-corrected chi connectivity index (χ4v) is 1.39. The number of benzene rings is 1. The Hall–Kier alpha value is -1.82. The van der Waals surface area contributed by atoms with E-state index in [0.29, 0.717) is 12.2 Å². The maximum Gasteiger partial charge on any atom is 0.311 e. The van der Waals surface area contributed by atoms with Gasteiger partial charge >= 0.3 is 5.69 Å². The zero-order chi connectivity index (χ0) is 13.7. The first kappa shape index (κ1) is 14.2. The molecule has 0 radical (unpaired) electrons. The number of nitrogens with zero attached hydrogens (tertiary/aromatic N) is 1. The van der Waals surface area contributed by atoms with Crippen molar-refractivity contribution in [3.05, 3.63) is 28.3 Å². The van der Waals surface area contributed by atoms with Gasteiger partial charge in [-0.3, -0.25) is 10.1 Å². The molecule has 0 aromatic heterocycles. The third-order valence-corrected chi connectivity index (χ3v) is 2.12. The molecule has 2 N–H and O–H groups in total. The van der Waals surface area contributed by atoms with Gasteiger partial charge in [0.25, 0.3) is 0 Å². The number of hydrogen-bond acceptors (Lipinski definition) is 5. The lowest BCUT2D eigenvalue weighted by atomic mass is 10.2. The molecular weight excluding hydrogens is 236 g/mol. The first-order valence-corrected chi connectivity index (χ1v) is 5.77. The molecule has 1 atom stereocenters. The highest BCUT2D eigenvalue weighted by Crippen LogP contribution is 2.30. The number of rotatable bonds is 6. The van der Waals surface area contributed by atoms with Crippen LogP contribution in [0.1, 0.15) is 20.8 Å². The monoisotopic (exact) mass is 254 g/mol. The Kier molecular flexibility index (Phi) is 4.91. The quantitative estimate of drug-likeness (QED) is 0.600. The van der Waals surface area contributed by atoms with E-state index in [2.05, 4.69) is 5.32 Å². The van der Waals surface area contributed by atoms with E-state index in [1.165, 1.54) is 6.07 Å². The zero-order valence-corrected chi connectivity index (χ0v) is 10.7. The molecule has 6 nitrogen and oxygen atoms in total. The second-order valence-electron chi connectivity index (χ2n) is 4.34. The first-order chi connectivity index (χ1) is 8.40. The normalized spacial score (nSPS) is 12.3. The van der Waals surface area contributed by atoms with Gasteiger partial charge in [0.1, 0.15) is 0 Å². The third-order valence-electron chi connectivity index (χ3n) is 2.12. The summed E-state index contributed by atoms with van der Waals surface area (Å²) in [5, 5.41) is 23.0. The van der Waals surface area contributed by atoms with Crippen molar-refractivity contribution in [3.8, 4) is 5.75 Å². The van der Waals surface area contributed by atoms with Crippen molar-refractivity contribution in [2.75, 3.05) is 11.9 Å². The van der Waals surface area contributed by atoms with Crippen LogP contribution in [0.2, 0.25) is 0 Å². The zero-order valence-electron chi connectivity index (χ0n) is 10.7. The van der Waals surface area contributed by atoms with Crippen molar-refractivity contribution >= 4 is 11.4 Å². The number of hydrogen-bond donors (Lipinski definition) is 2. The molecule has 1 aromatic rings. The number of aliphatic hydroxyl groups excluding tert-OH is 1. The Balaban J connectivity index is 2.93. The topological polar surface area (TPSA) is 84.6 Å². The fraction of sp³-hybridized carbons (Fsp3) is 0.500. The van der Waals surface area contributed by atoms with Gasteiger partial charge in [0, 0.05) is 24.4 Å². The van der Waals surface area contributed by atoms with Gasteiger partial charge in [-0.05, 0) is 26.8 Å². The van der Waals surface area contributed by atoms with Crippen LogP contribution in [0, 0.1) is 10.1 Å². The van der Waals surface area contributed by atoms with Crippen molar-refractivity contribution in [3.63, 3.8) is 0 Å². The number of nitro groups is 1. The summed E-state index contributed by atoms with van der Waals surface area (Å²) in [6.07, 6.45) is -0.634. The van der Waals surface area contributed by atoms with Crippen LogP contribution in [0.15, 0.2) is 18.2 Å². The molecule has 0 saturated heterocycles. The molecule has 0 amide bonds. The van der Waals surface area contributed by atoms with E-state index in [0.717, 1.165) is 0 Å². The van der Waals surface area contributed by atoms with E-state index in [-0.39, 0.29) is 17.5 Å². The third kappa shape index (κ3) is 4.21. The molecule has 0 aliphatic rings. The summed E-state index contributed by atoms with van der Waals surface area (Å²) in [6.45, 7) is 5.64. The second kappa shape index (κ2) is 6.20. The van der Waals surface area contributed by atoms with Crippen molar-refractivity contribution in [2.45, 2.75) is 33.0 Å². The molecule has 0 aliphatic carbocycles. The molecule has 0 heterocycles. The molecule has 0 fully saturated rings. The number of nitro benzene ring substituents is 1. The number of aliphatic hydroxyl groups is 1. The second-order valence-corrected chi connectivity index (χ2v) is 4.34. The first-order valence-electron chi connectivity index (χ1n) is 5.77. The van der Waals surface area contributed by atoms with E-state index >= 15 is 0 Å². The van der Waals surface area contributed by atoms with Crippen molar-refractivity contribution in [1.82, 2.24) is 0 Å². The minimum absolute atomic E-state index is 0.0636. The van der Waals surface area contributed by atoms with Crippen LogP contribution in [0.3, 0.4) is 0 Å². The van der Waals surface area contributed by atoms with E-state index in [4.69, 9.17) is 9.84 Å². The Bertz CT molecular complexity index is 419. The molecular formula is C12H18N2O4. The van der Waals surface area contributed by atoms with E-state index in [9.17, 15) is 10.1 Å². The minimum Gasteiger partial charge on any atom is -0.484 e. The summed E-state index contributed by atoms with van der Waals surface area (Å²) in [6, 6.07) is 4.55. The van der Waals surface area contributed by atoms with Crippen LogP contribution in [0.5, 0.6) is 5.75 Å². The number of ether oxygens (including phenoxy) is 1. The molecule has 1 rings (SSSR count). The summed E-state index contributed by atoms with van der Waals surface area (Å²) < 4.78 is 5.41. The highest BCUT2D eigenvalue weighted by molar-refractivity contribution is 5.58. The van der Waals surface area contributed by atoms with Gasteiger partial charge in [-0.15, -0.1) is 0 Å². The SMILES string of the molecule is CC(O)CNc1ccc([N+](=O)[O-])c(OC(C)C)c1. The molecule has 18 heavy (non-hydrogen) atoms. The highest BCUT2D eigenvalue weighted by Gasteiger charge is 2.16. The van der Waals surface area contributed by atoms with Crippen molar-refractivity contribution in [1.29, 1.82) is 0 Å². The lowest BCUT2D eigenvalue weighted by Gasteiger charge is -2.13. The van der Waals surface area contributed by atoms with Crippen LogP contribution < -0.4 is 10.1 Å². The van der Waals surface area contributed by atoms with E-state index in [1.54, 1.807) is 32.9 Å². The van der Waals surface area contributed by atoms with E-state index < -0.39 is 11.0 Å². The molecule has 100 valence electrons. The number of nitrogens with one attached hydrogen (secondary N) is 1. The predicted molar refractivity (Wildman–Crippen MR) is 69.0 cm³/mol. The summed E-state index contributed by atoms with van der Waals surface area (Å²) in [5.74, 6) is 0.227. The van der Waals surface area contributed by atoms with Gasteiger partial charge in [0.05, 0.1) is 17.1 Å². The largest absolute Gasteiger partial charge is 0.484 e. The van der Waals surface area contributed by atoms with Gasteiger partial charge in [-0.2, -0.15) is 0 Å². The lowest BCUT2D eigenvalue weighted by molar-refractivity contribution is -0.386. The fourth-order valence-electron chi connectivity index (χ4n) is 1.39. The molecule has 1 unspecified atom stereocenters. The van der Waals surface area contributed by atoms with Crippen LogP contribution in [-0.2, 0) is 0 Å². The summed E-state index contributed by atoms with van der Waals surface area (Å²) in [5.41, 5.74) is 0.614. The number of anilines is 1. The van der Waals surface area contributed by atoms with Crippen LogP contribution >= 0.6 is 0 Å². The standard InChI is InChI=1S/C12H18N2O4/c1-8(2)18-12-6-10(13-7-9(3)15)4-5-11(12)14(16)17/h4-6,8-9,13,15H,7H2,1-3H3. The molecule has 0 saturated carbocycles. The average Bonchev–Trinajstić information content (AvgIpc) is 2.25. The van der Waals surface area contributed by atoms with Crippen molar-refractivity contribution in [2.24, 2.45) is 0 Å². The maximum absolute atomic E-state index is 10.8. The highest BCUT2D eigenvalue weighted by atomic mass is 16.6. The van der Waals surface area contributed by atoms with Gasteiger partial charge in [0.15, 0.2) is 5.75 Å². The Morgan fingerprint density at radius 2 is 2.11 bits per heavy atom. The van der Waals surface area contributed by atoms with Crippen molar-refractivity contribution < 1.29 is 14.8 Å². The molecule has 0 bridgehead atoms. The van der Waals surface area contributed by atoms with Gasteiger partial charge in [-0.1, -0.05) is 0 Å². The Morgan fingerprint density at radius 1 is 1.44 bits per heavy atom. The lowest BCUT2D eigenvalue weighted by Crippen LogP contribution is -2.15. The van der Waals surface area contributed by atoms with Crippen LogP contribution in [-0.4, -0.2) is 28.8 Å². The average molecular weight is 254 g/mol. The molecule has 0 aliphatic heterocycles. The van der Waals surface area contributed by atoms with E-state index in [1.807, 2.05) is 0 Å². The molecule has 6 heteroatoms. The predicted octanol–water partition coefficient (Wildman–Crippen LogP) is 2.17. The van der Waals surface area contributed by atoms with Gasteiger partial charge < -0.3 is 15.2 Å². The van der Waals surface area contributed by atoms with Crippen LogP contribution in [0.4, 0.5) is 11.4 Å². The van der Waals surface area contributed by atoms with Gasteiger partial charge in [0.2, 0.25) is 0 Å². The summed E-state index contributed by atoms with van der Waals surface area (Å²) in [7, 11) is 0. The minimum atomic E-state index is -0.491. The molecule has 0 spiro atoms. The summed E-state index contributed by atoms with van der Waals surface area (Å²) in [4.78, 5) is 10.4. The smallest absolute Gasteiger partial charge is 0.311 e. The van der Waals surface area contributed by atoms with Gasteiger partial charge in [-0.25, -0.2) is 0 Å². The molecule has 1 aromatic carbocycles. The Labute approximate surface area is 106 Å². The summed E-state index contributed by atoms with van der Waals surface area (Å²) >= 11 is 0. The van der Waals surface area contributed by atoms with Crippen LogP contribution in [0.25, 0.3) is 0 Å². The Morgan fingerprint density at radius 3 is 2.61 bits per heavy atom. The maximum atomic E-state index is 10.8.